The van der Waals surface area contributed by atoms with Gasteiger partial charge in [-0.3, -0.25) is 9.59 Å². The number of anilines is 1. The smallest absolute Gasteiger partial charge is 0.261 e. The predicted octanol–water partition coefficient (Wildman–Crippen LogP) is 3.52. The molecule has 2 amide bonds. The standard InChI is InChI=1S/C24H22FN5O3/c1-28(2)22(31)16-33-18-11-9-17(10-12-18)27-23(32)19-15-26-30(21-8-4-3-7-20(21)25)24(19)29-13-5-6-14-29/h3-15H,16H2,1-2H3,(H,27,32). The molecule has 1 N–H and O–H groups in total. The van der Waals surface area contributed by atoms with E-state index in [2.05, 4.69) is 10.4 Å². The van der Waals surface area contributed by atoms with Crippen LogP contribution in [0.25, 0.3) is 11.5 Å². The number of carbonyl (C=O) groups excluding carboxylic acids is 2. The summed E-state index contributed by atoms with van der Waals surface area (Å²) in [7, 11) is 3.31. The van der Waals surface area contributed by atoms with Gasteiger partial charge in [0, 0.05) is 32.2 Å². The Hall–Kier alpha value is -4.40. The summed E-state index contributed by atoms with van der Waals surface area (Å²) in [5, 5.41) is 7.09. The average Bonchev–Trinajstić information content (AvgIpc) is 3.48. The van der Waals surface area contributed by atoms with Crippen LogP contribution in [0.3, 0.4) is 0 Å². The highest BCUT2D eigenvalue weighted by molar-refractivity contribution is 6.06. The van der Waals surface area contributed by atoms with E-state index in [9.17, 15) is 14.0 Å². The fraction of sp³-hybridized carbons (Fsp3) is 0.125. The number of hydrogen-bond donors (Lipinski definition) is 1. The number of para-hydroxylation sites is 1. The second-order valence-corrected chi connectivity index (χ2v) is 7.39. The molecule has 4 rings (SSSR count). The number of aromatic nitrogens is 3. The molecule has 33 heavy (non-hydrogen) atoms. The third-order valence-electron chi connectivity index (χ3n) is 4.89. The number of likely N-dealkylation sites (N-methyl/N-ethyl adjacent to an activating group) is 1. The zero-order valence-electron chi connectivity index (χ0n) is 18.1. The zero-order chi connectivity index (χ0) is 23.4. The molecule has 0 unspecified atom stereocenters. The SMILES string of the molecule is CN(C)C(=O)COc1ccc(NC(=O)c2cnn(-c3ccccc3F)c2-n2cccc2)cc1. The van der Waals surface area contributed by atoms with Crippen molar-refractivity contribution >= 4 is 17.5 Å². The van der Waals surface area contributed by atoms with Crippen LogP contribution in [0.5, 0.6) is 5.75 Å². The minimum atomic E-state index is -0.454. The molecule has 0 fully saturated rings. The number of halogens is 1. The van der Waals surface area contributed by atoms with E-state index in [1.54, 1.807) is 85.7 Å². The summed E-state index contributed by atoms with van der Waals surface area (Å²) in [5.74, 6) is -0.104. The van der Waals surface area contributed by atoms with Gasteiger partial charge in [-0.15, -0.1) is 0 Å². The van der Waals surface area contributed by atoms with Crippen molar-refractivity contribution in [2.24, 2.45) is 0 Å². The molecule has 0 spiro atoms. The monoisotopic (exact) mass is 447 g/mol. The van der Waals surface area contributed by atoms with Gasteiger partial charge in [-0.2, -0.15) is 5.10 Å². The molecular weight excluding hydrogens is 425 g/mol. The first-order valence-electron chi connectivity index (χ1n) is 10.1. The quantitative estimate of drug-likeness (QED) is 0.470. The molecule has 0 saturated carbocycles. The largest absolute Gasteiger partial charge is 0.484 e. The van der Waals surface area contributed by atoms with Crippen molar-refractivity contribution < 1.29 is 18.7 Å². The topological polar surface area (TPSA) is 81.4 Å². The third kappa shape index (κ3) is 4.77. The van der Waals surface area contributed by atoms with Crippen LogP contribution in [0.4, 0.5) is 10.1 Å². The Bertz CT molecular complexity index is 1260. The minimum absolute atomic E-state index is 0.0752. The van der Waals surface area contributed by atoms with E-state index in [0.717, 1.165) is 0 Å². The Labute approximate surface area is 189 Å². The molecule has 0 aliphatic heterocycles. The number of carbonyl (C=O) groups is 2. The van der Waals surface area contributed by atoms with Crippen molar-refractivity contribution in [2.75, 3.05) is 26.0 Å². The highest BCUT2D eigenvalue weighted by atomic mass is 19.1. The lowest BCUT2D eigenvalue weighted by Gasteiger charge is -2.13. The normalized spacial score (nSPS) is 10.6. The van der Waals surface area contributed by atoms with Crippen LogP contribution in [-0.4, -0.2) is 51.8 Å². The molecule has 2 aromatic heterocycles. The van der Waals surface area contributed by atoms with Crippen LogP contribution < -0.4 is 10.1 Å². The Kier molecular flexibility index (Phi) is 6.21. The van der Waals surface area contributed by atoms with E-state index < -0.39 is 11.7 Å². The lowest BCUT2D eigenvalue weighted by Crippen LogP contribution is -2.27. The van der Waals surface area contributed by atoms with Crippen molar-refractivity contribution in [3.63, 3.8) is 0 Å². The van der Waals surface area contributed by atoms with Crippen molar-refractivity contribution in [2.45, 2.75) is 0 Å². The molecule has 168 valence electrons. The molecule has 2 aromatic carbocycles. The molecule has 0 bridgehead atoms. The number of ether oxygens (including phenoxy) is 1. The molecule has 8 nitrogen and oxygen atoms in total. The molecule has 4 aromatic rings. The highest BCUT2D eigenvalue weighted by Gasteiger charge is 2.21. The van der Waals surface area contributed by atoms with Crippen LogP contribution in [0, 0.1) is 5.82 Å². The van der Waals surface area contributed by atoms with Gasteiger partial charge >= 0.3 is 0 Å². The Morgan fingerprint density at radius 2 is 1.73 bits per heavy atom. The van der Waals surface area contributed by atoms with E-state index in [1.807, 2.05) is 0 Å². The molecule has 9 heteroatoms. The van der Waals surface area contributed by atoms with Gasteiger partial charge in [-0.25, -0.2) is 9.07 Å². The van der Waals surface area contributed by atoms with Gasteiger partial charge in [0.05, 0.1) is 6.20 Å². The van der Waals surface area contributed by atoms with E-state index >= 15 is 0 Å². The van der Waals surface area contributed by atoms with E-state index in [1.165, 1.54) is 21.8 Å². The molecule has 0 atom stereocenters. The minimum Gasteiger partial charge on any atom is -0.484 e. The molecular formula is C24H22FN5O3. The molecule has 0 aliphatic rings. The van der Waals surface area contributed by atoms with Gasteiger partial charge in [-0.1, -0.05) is 12.1 Å². The average molecular weight is 447 g/mol. The zero-order valence-corrected chi connectivity index (χ0v) is 18.1. The van der Waals surface area contributed by atoms with Gasteiger partial charge in [0.15, 0.2) is 12.4 Å². The lowest BCUT2D eigenvalue weighted by atomic mass is 10.2. The number of benzene rings is 2. The summed E-state index contributed by atoms with van der Waals surface area (Å²) >= 11 is 0. The van der Waals surface area contributed by atoms with Gasteiger partial charge in [0.25, 0.3) is 11.8 Å². The second-order valence-electron chi connectivity index (χ2n) is 7.39. The number of nitrogens with zero attached hydrogens (tertiary/aromatic N) is 4. The molecule has 0 radical (unpaired) electrons. The van der Waals surface area contributed by atoms with Crippen molar-refractivity contribution in [1.29, 1.82) is 0 Å². The molecule has 0 saturated heterocycles. The second kappa shape index (κ2) is 9.39. The van der Waals surface area contributed by atoms with Gasteiger partial charge in [0.2, 0.25) is 0 Å². The summed E-state index contributed by atoms with van der Waals surface area (Å²) < 4.78 is 23.0. The van der Waals surface area contributed by atoms with Crippen LogP contribution in [0.15, 0.2) is 79.3 Å². The van der Waals surface area contributed by atoms with Crippen molar-refractivity contribution in [3.8, 4) is 17.3 Å². The maximum atomic E-state index is 14.4. The first-order chi connectivity index (χ1) is 15.9. The van der Waals surface area contributed by atoms with Gasteiger partial charge in [0.1, 0.15) is 22.8 Å². The van der Waals surface area contributed by atoms with Crippen molar-refractivity contribution in [1.82, 2.24) is 19.2 Å². The fourth-order valence-corrected chi connectivity index (χ4v) is 3.13. The first kappa shape index (κ1) is 21.8. The lowest BCUT2D eigenvalue weighted by molar-refractivity contribution is -0.130. The maximum Gasteiger partial charge on any atom is 0.261 e. The summed E-state index contributed by atoms with van der Waals surface area (Å²) in [6.07, 6.45) is 4.92. The number of rotatable bonds is 7. The van der Waals surface area contributed by atoms with Gasteiger partial charge < -0.3 is 19.5 Å². The summed E-state index contributed by atoms with van der Waals surface area (Å²) in [4.78, 5) is 26.2. The van der Waals surface area contributed by atoms with Crippen LogP contribution >= 0.6 is 0 Å². The Morgan fingerprint density at radius 3 is 2.39 bits per heavy atom. The van der Waals surface area contributed by atoms with Crippen LogP contribution in [0.2, 0.25) is 0 Å². The van der Waals surface area contributed by atoms with E-state index in [-0.39, 0.29) is 23.8 Å². The van der Waals surface area contributed by atoms with E-state index in [0.29, 0.717) is 17.3 Å². The maximum absolute atomic E-state index is 14.4. The number of amides is 2. The number of hydrogen-bond acceptors (Lipinski definition) is 4. The van der Waals surface area contributed by atoms with Crippen LogP contribution in [0.1, 0.15) is 10.4 Å². The predicted molar refractivity (Wildman–Crippen MR) is 121 cm³/mol. The summed E-state index contributed by atoms with van der Waals surface area (Å²) in [5.41, 5.74) is 1.03. The fourth-order valence-electron chi connectivity index (χ4n) is 3.13. The summed E-state index contributed by atoms with van der Waals surface area (Å²) in [6, 6.07) is 16.5. The number of nitrogens with one attached hydrogen (secondary N) is 1. The van der Waals surface area contributed by atoms with Crippen LogP contribution in [-0.2, 0) is 4.79 Å². The third-order valence-corrected chi connectivity index (χ3v) is 4.89. The van der Waals surface area contributed by atoms with Crippen molar-refractivity contribution in [3.05, 3.63) is 90.6 Å². The highest BCUT2D eigenvalue weighted by Crippen LogP contribution is 2.23. The first-order valence-corrected chi connectivity index (χ1v) is 10.1. The Morgan fingerprint density at radius 1 is 1.03 bits per heavy atom. The summed E-state index contributed by atoms with van der Waals surface area (Å²) in [6.45, 7) is -0.0752. The molecule has 0 aliphatic carbocycles. The molecule has 2 heterocycles. The Balaban J connectivity index is 1.57. The van der Waals surface area contributed by atoms with E-state index in [4.69, 9.17) is 4.74 Å². The van der Waals surface area contributed by atoms with Gasteiger partial charge in [-0.05, 0) is 48.5 Å².